The van der Waals surface area contributed by atoms with Crippen LogP contribution in [0.25, 0.3) is 0 Å². The molecule has 0 aromatic carbocycles. The molecular weight excluding hydrogens is 124 g/mol. The largest absolute Gasteiger partial charge is 0.365 e. The lowest BCUT2D eigenvalue weighted by atomic mass is 9.99. The Bertz CT molecular complexity index is 136. The number of nitrogens with zero attached hydrogens (tertiary/aromatic N) is 1. The lowest BCUT2D eigenvalue weighted by Gasteiger charge is -2.12. The molecule has 2 aliphatic rings. The van der Waals surface area contributed by atoms with Gasteiger partial charge in [-0.25, -0.2) is 0 Å². The Morgan fingerprint density at radius 1 is 1.30 bits per heavy atom. The molecular formula is C8H13N2. The van der Waals surface area contributed by atoms with Gasteiger partial charge in [0.25, 0.3) is 0 Å². The van der Waals surface area contributed by atoms with Crippen LogP contribution in [0.4, 0.5) is 0 Å². The minimum atomic E-state index is 0.558. The van der Waals surface area contributed by atoms with Gasteiger partial charge in [0.05, 0.1) is 6.04 Å². The standard InChI is InChI=1S/C8H13N2/c1-2-4-7(3-1)8-5-9-6-10-8/h7-8H,1-5H2,(H,9,10). The molecule has 10 heavy (non-hydrogen) atoms. The summed E-state index contributed by atoms with van der Waals surface area (Å²) in [6, 6.07) is 0.558. The monoisotopic (exact) mass is 137 g/mol. The Labute approximate surface area is 61.7 Å². The highest BCUT2D eigenvalue weighted by Crippen LogP contribution is 2.29. The van der Waals surface area contributed by atoms with Crippen molar-refractivity contribution in [2.24, 2.45) is 10.9 Å². The van der Waals surface area contributed by atoms with Crippen LogP contribution in [-0.2, 0) is 0 Å². The predicted octanol–water partition coefficient (Wildman–Crippen LogP) is 1.05. The summed E-state index contributed by atoms with van der Waals surface area (Å²) < 4.78 is 0. The van der Waals surface area contributed by atoms with E-state index in [2.05, 4.69) is 16.6 Å². The highest BCUT2D eigenvalue weighted by atomic mass is 15.0. The smallest absolute Gasteiger partial charge is 0.164 e. The van der Waals surface area contributed by atoms with Crippen molar-refractivity contribution in [2.45, 2.75) is 31.7 Å². The van der Waals surface area contributed by atoms with Crippen molar-refractivity contribution in [3.8, 4) is 0 Å². The van der Waals surface area contributed by atoms with Crippen LogP contribution >= 0.6 is 0 Å². The quantitative estimate of drug-likeness (QED) is 0.574. The fraction of sp³-hybridized carbons (Fsp3) is 0.875. The summed E-state index contributed by atoms with van der Waals surface area (Å²) in [5.74, 6) is 0.863. The Hall–Kier alpha value is -0.530. The van der Waals surface area contributed by atoms with Crippen LogP contribution < -0.4 is 5.32 Å². The van der Waals surface area contributed by atoms with E-state index in [1.54, 1.807) is 0 Å². The number of hydrogen-bond acceptors (Lipinski definition) is 2. The Balaban J connectivity index is 1.91. The van der Waals surface area contributed by atoms with Gasteiger partial charge in [0.2, 0.25) is 0 Å². The Kier molecular flexibility index (Phi) is 1.61. The molecule has 2 nitrogen and oxygen atoms in total. The van der Waals surface area contributed by atoms with Crippen molar-refractivity contribution in [2.75, 3.05) is 6.54 Å². The first-order valence-electron chi connectivity index (χ1n) is 4.14. The summed E-state index contributed by atoms with van der Waals surface area (Å²) >= 11 is 0. The van der Waals surface area contributed by atoms with Gasteiger partial charge in [-0.05, 0) is 18.8 Å². The molecule has 2 rings (SSSR count). The maximum Gasteiger partial charge on any atom is 0.164 e. The van der Waals surface area contributed by atoms with E-state index in [1.807, 2.05) is 0 Å². The Morgan fingerprint density at radius 2 is 2.10 bits per heavy atom. The van der Waals surface area contributed by atoms with Crippen molar-refractivity contribution < 1.29 is 0 Å². The number of hydrogen-bond donors (Lipinski definition) is 1. The zero-order chi connectivity index (χ0) is 6.81. The van der Waals surface area contributed by atoms with E-state index in [-0.39, 0.29) is 0 Å². The second-order valence-electron chi connectivity index (χ2n) is 3.23. The van der Waals surface area contributed by atoms with E-state index in [9.17, 15) is 0 Å². The summed E-state index contributed by atoms with van der Waals surface area (Å²) in [7, 11) is 0. The normalized spacial score (nSPS) is 33.0. The summed E-state index contributed by atoms with van der Waals surface area (Å²) in [5, 5.41) is 3.03. The molecule has 1 radical (unpaired) electrons. The molecule has 0 aromatic heterocycles. The lowest BCUT2D eigenvalue weighted by Crippen LogP contribution is -2.22. The zero-order valence-electron chi connectivity index (χ0n) is 6.14. The second kappa shape index (κ2) is 2.60. The first-order chi connectivity index (χ1) is 4.97. The summed E-state index contributed by atoms with van der Waals surface area (Å²) in [5.41, 5.74) is 0. The summed E-state index contributed by atoms with van der Waals surface area (Å²) in [6.45, 7) is 1.03. The third-order valence-corrected chi connectivity index (χ3v) is 2.56. The maximum absolute atomic E-state index is 4.26. The van der Waals surface area contributed by atoms with Gasteiger partial charge in [0.15, 0.2) is 6.34 Å². The maximum atomic E-state index is 4.26. The average Bonchev–Trinajstić information content (AvgIpc) is 2.59. The minimum absolute atomic E-state index is 0.558. The first kappa shape index (κ1) is 6.20. The number of rotatable bonds is 1. The van der Waals surface area contributed by atoms with Crippen molar-refractivity contribution in [1.82, 2.24) is 5.32 Å². The number of aliphatic imine (C=N–C) groups is 1. The third kappa shape index (κ3) is 1.02. The van der Waals surface area contributed by atoms with Crippen LogP contribution in [0.3, 0.4) is 0 Å². The molecule has 2 heteroatoms. The van der Waals surface area contributed by atoms with E-state index in [1.165, 1.54) is 25.7 Å². The lowest BCUT2D eigenvalue weighted by molar-refractivity contribution is 0.447. The first-order valence-corrected chi connectivity index (χ1v) is 4.14. The second-order valence-corrected chi connectivity index (χ2v) is 3.23. The van der Waals surface area contributed by atoms with Gasteiger partial charge in [0.1, 0.15) is 0 Å². The SMILES string of the molecule is [C]1=NC(C2CCCC2)CN1. The molecule has 0 aromatic rings. The van der Waals surface area contributed by atoms with Gasteiger partial charge in [-0.1, -0.05) is 12.8 Å². The molecule has 0 amide bonds. The molecule has 1 fully saturated rings. The number of nitrogens with one attached hydrogen (secondary N) is 1. The van der Waals surface area contributed by atoms with Crippen molar-refractivity contribution in [3.63, 3.8) is 0 Å². The van der Waals surface area contributed by atoms with Crippen LogP contribution in [0, 0.1) is 5.92 Å². The van der Waals surface area contributed by atoms with Crippen LogP contribution in [0.1, 0.15) is 25.7 Å². The van der Waals surface area contributed by atoms with Gasteiger partial charge in [-0.3, -0.25) is 4.99 Å². The van der Waals surface area contributed by atoms with E-state index >= 15 is 0 Å². The predicted molar refractivity (Wildman–Crippen MR) is 41.2 cm³/mol. The highest BCUT2D eigenvalue weighted by Gasteiger charge is 2.25. The molecule has 1 unspecified atom stereocenters. The van der Waals surface area contributed by atoms with E-state index in [0.29, 0.717) is 6.04 Å². The average molecular weight is 137 g/mol. The van der Waals surface area contributed by atoms with E-state index in [4.69, 9.17) is 0 Å². The van der Waals surface area contributed by atoms with Crippen molar-refractivity contribution >= 4 is 6.34 Å². The van der Waals surface area contributed by atoms with Crippen LogP contribution in [0.15, 0.2) is 4.99 Å². The van der Waals surface area contributed by atoms with Crippen LogP contribution in [-0.4, -0.2) is 18.9 Å². The fourth-order valence-corrected chi connectivity index (χ4v) is 1.94. The van der Waals surface area contributed by atoms with Crippen molar-refractivity contribution in [1.29, 1.82) is 0 Å². The molecule has 1 heterocycles. The molecule has 1 N–H and O–H groups in total. The molecule has 55 valence electrons. The van der Waals surface area contributed by atoms with Crippen LogP contribution in [0.5, 0.6) is 0 Å². The fourth-order valence-electron chi connectivity index (χ4n) is 1.94. The van der Waals surface area contributed by atoms with Gasteiger partial charge >= 0.3 is 0 Å². The van der Waals surface area contributed by atoms with Gasteiger partial charge in [-0.2, -0.15) is 0 Å². The van der Waals surface area contributed by atoms with E-state index < -0.39 is 0 Å². The van der Waals surface area contributed by atoms with Gasteiger partial charge in [0, 0.05) is 6.54 Å². The minimum Gasteiger partial charge on any atom is -0.365 e. The Morgan fingerprint density at radius 3 is 2.70 bits per heavy atom. The van der Waals surface area contributed by atoms with Gasteiger partial charge < -0.3 is 5.32 Å². The molecule has 0 saturated heterocycles. The molecule has 0 spiro atoms. The molecule has 1 aliphatic heterocycles. The van der Waals surface area contributed by atoms with Gasteiger partial charge in [-0.15, -0.1) is 0 Å². The topological polar surface area (TPSA) is 24.4 Å². The van der Waals surface area contributed by atoms with Crippen LogP contribution in [0.2, 0.25) is 0 Å². The summed E-state index contributed by atoms with van der Waals surface area (Å²) in [6.07, 6.45) is 8.42. The van der Waals surface area contributed by atoms with Crippen molar-refractivity contribution in [3.05, 3.63) is 0 Å². The molecule has 1 aliphatic carbocycles. The molecule has 0 bridgehead atoms. The highest BCUT2D eigenvalue weighted by molar-refractivity contribution is 5.57. The van der Waals surface area contributed by atoms with E-state index in [0.717, 1.165) is 12.5 Å². The zero-order valence-corrected chi connectivity index (χ0v) is 6.14. The summed E-state index contributed by atoms with van der Waals surface area (Å²) in [4.78, 5) is 4.26. The third-order valence-electron chi connectivity index (χ3n) is 2.56. The molecule has 1 saturated carbocycles. The molecule has 1 atom stereocenters.